The molecule has 174 valence electrons. The van der Waals surface area contributed by atoms with Crippen molar-refractivity contribution in [2.75, 3.05) is 18.0 Å². The van der Waals surface area contributed by atoms with Crippen LogP contribution in [0.2, 0.25) is 0 Å². The summed E-state index contributed by atoms with van der Waals surface area (Å²) in [6.45, 7) is 3.80. The minimum absolute atomic E-state index is 0.0478. The molecule has 1 saturated heterocycles. The number of amides is 1. The maximum atomic E-state index is 11.5. The smallest absolute Gasteiger partial charge is 0.221 e. The second-order valence-corrected chi connectivity index (χ2v) is 9.81. The monoisotopic (exact) mass is 463 g/mol. The van der Waals surface area contributed by atoms with Gasteiger partial charge in [0.1, 0.15) is 11.5 Å². The molecule has 35 heavy (non-hydrogen) atoms. The van der Waals surface area contributed by atoms with Crippen molar-refractivity contribution in [2.24, 2.45) is 30.5 Å². The number of primary amides is 1. The first kappa shape index (κ1) is 20.2. The molecule has 2 fully saturated rings. The number of hydrogen-bond acceptors (Lipinski definition) is 5. The molecular weight excluding hydrogens is 438 g/mol. The minimum atomic E-state index is -0.165. The van der Waals surface area contributed by atoms with E-state index in [-0.39, 0.29) is 11.8 Å². The van der Waals surface area contributed by atoms with Crippen LogP contribution in [0.4, 0.5) is 5.82 Å². The molecule has 3 aromatic heterocycles. The second kappa shape index (κ2) is 7.15. The van der Waals surface area contributed by atoms with E-state index in [0.717, 1.165) is 63.2 Å². The zero-order valence-corrected chi connectivity index (χ0v) is 19.6. The number of hydrogen-bond donors (Lipinski definition) is 1. The first-order valence-electron chi connectivity index (χ1n) is 11.9. The maximum Gasteiger partial charge on any atom is 0.221 e. The van der Waals surface area contributed by atoms with Crippen molar-refractivity contribution in [3.8, 4) is 16.9 Å². The van der Waals surface area contributed by atoms with Crippen molar-refractivity contribution >= 4 is 33.5 Å². The first-order chi connectivity index (χ1) is 17.0. The van der Waals surface area contributed by atoms with Gasteiger partial charge in [0, 0.05) is 48.6 Å². The number of fused-ring (bicyclic) bond motifs is 3. The zero-order chi connectivity index (χ0) is 23.8. The summed E-state index contributed by atoms with van der Waals surface area (Å²) in [4.78, 5) is 18.5. The van der Waals surface area contributed by atoms with Gasteiger partial charge < -0.3 is 10.6 Å². The highest BCUT2D eigenvalue weighted by Crippen LogP contribution is 2.52. The van der Waals surface area contributed by atoms with Crippen molar-refractivity contribution in [3.63, 3.8) is 0 Å². The first-order valence-corrected chi connectivity index (χ1v) is 11.9. The molecule has 1 amide bonds. The highest BCUT2D eigenvalue weighted by atomic mass is 16.1. The molecule has 2 aliphatic rings. The molecule has 2 atom stereocenters. The Bertz CT molecular complexity index is 1620. The number of carbonyl (C=O) groups excluding carboxylic acids is 1. The van der Waals surface area contributed by atoms with E-state index in [4.69, 9.17) is 15.8 Å². The molecule has 1 aliphatic heterocycles. The van der Waals surface area contributed by atoms with E-state index in [1.807, 2.05) is 47.0 Å². The molecule has 8 nitrogen and oxygen atoms in total. The van der Waals surface area contributed by atoms with Crippen molar-refractivity contribution < 1.29 is 4.79 Å². The molecule has 5 aromatic rings. The Hall–Kier alpha value is -4.20. The van der Waals surface area contributed by atoms with Crippen LogP contribution in [-0.4, -0.2) is 43.5 Å². The Kier molecular flexibility index (Phi) is 4.13. The lowest BCUT2D eigenvalue weighted by molar-refractivity contribution is -0.119. The molecule has 8 heteroatoms. The number of carbonyl (C=O) groups is 1. The van der Waals surface area contributed by atoms with Gasteiger partial charge in [-0.1, -0.05) is 30.3 Å². The van der Waals surface area contributed by atoms with Gasteiger partial charge in [-0.2, -0.15) is 10.2 Å². The lowest BCUT2D eigenvalue weighted by atomic mass is 10.0. The Labute approximate surface area is 202 Å². The van der Waals surface area contributed by atoms with Crippen LogP contribution in [0.1, 0.15) is 5.56 Å². The van der Waals surface area contributed by atoms with E-state index in [9.17, 15) is 4.79 Å². The quantitative estimate of drug-likeness (QED) is 0.441. The largest absolute Gasteiger partial charge is 0.369 e. The fourth-order valence-corrected chi connectivity index (χ4v) is 5.91. The van der Waals surface area contributed by atoms with Crippen molar-refractivity contribution in [3.05, 3.63) is 66.5 Å². The molecule has 2 unspecified atom stereocenters. The van der Waals surface area contributed by atoms with E-state index in [1.54, 1.807) is 0 Å². The van der Waals surface area contributed by atoms with Crippen LogP contribution in [0.25, 0.3) is 38.8 Å². The Morgan fingerprint density at radius 3 is 2.54 bits per heavy atom. The number of aromatic nitrogens is 5. The average Bonchev–Trinajstić information content (AvgIpc) is 3.18. The third kappa shape index (κ3) is 2.99. The van der Waals surface area contributed by atoms with Gasteiger partial charge in [-0.25, -0.2) is 9.67 Å². The van der Waals surface area contributed by atoms with Gasteiger partial charge in [0.25, 0.3) is 0 Å². The lowest BCUT2D eigenvalue weighted by Crippen LogP contribution is -2.28. The van der Waals surface area contributed by atoms with Gasteiger partial charge in [-0.05, 0) is 42.5 Å². The average molecular weight is 464 g/mol. The van der Waals surface area contributed by atoms with Crippen LogP contribution < -0.4 is 10.6 Å². The third-order valence-electron chi connectivity index (χ3n) is 7.65. The minimum Gasteiger partial charge on any atom is -0.369 e. The molecule has 0 radical (unpaired) electrons. The molecular formula is C27H25N7O. The number of pyridine rings is 1. The number of aryl methyl sites for hydroxylation is 2. The predicted molar refractivity (Wildman–Crippen MR) is 135 cm³/mol. The van der Waals surface area contributed by atoms with Crippen LogP contribution in [-0.2, 0) is 11.8 Å². The van der Waals surface area contributed by atoms with E-state index < -0.39 is 0 Å². The van der Waals surface area contributed by atoms with Crippen LogP contribution in [0.3, 0.4) is 0 Å². The van der Waals surface area contributed by atoms with Gasteiger partial charge in [0.05, 0.1) is 22.9 Å². The molecule has 1 saturated carbocycles. The SMILES string of the molecule is Cc1cccc2c(-c3cccc4nn(C)cc34)nn(-c3ccc(N4CC5C(C4)C5C(N)=O)nc3)c12. The summed E-state index contributed by atoms with van der Waals surface area (Å²) in [5.74, 6) is 1.57. The fourth-order valence-electron chi connectivity index (χ4n) is 5.91. The van der Waals surface area contributed by atoms with Crippen molar-refractivity contribution in [2.45, 2.75) is 6.92 Å². The van der Waals surface area contributed by atoms with E-state index in [2.05, 4.69) is 47.3 Å². The number of nitrogens with two attached hydrogens (primary N) is 1. The van der Waals surface area contributed by atoms with Crippen molar-refractivity contribution in [1.82, 2.24) is 24.5 Å². The summed E-state index contributed by atoms with van der Waals surface area (Å²) in [7, 11) is 1.94. The second-order valence-electron chi connectivity index (χ2n) is 9.81. The van der Waals surface area contributed by atoms with Crippen LogP contribution >= 0.6 is 0 Å². The van der Waals surface area contributed by atoms with Gasteiger partial charge >= 0.3 is 0 Å². The highest BCUT2D eigenvalue weighted by Gasteiger charge is 2.58. The Balaban J connectivity index is 1.29. The Morgan fingerprint density at radius 1 is 1.00 bits per heavy atom. The maximum absolute atomic E-state index is 11.5. The summed E-state index contributed by atoms with van der Waals surface area (Å²) in [6.07, 6.45) is 3.93. The number of benzene rings is 2. The summed E-state index contributed by atoms with van der Waals surface area (Å²) < 4.78 is 3.84. The van der Waals surface area contributed by atoms with Gasteiger partial charge in [-0.3, -0.25) is 9.48 Å². The predicted octanol–water partition coefficient (Wildman–Crippen LogP) is 3.45. The fraction of sp³-hybridized carbons (Fsp3) is 0.259. The van der Waals surface area contributed by atoms with Crippen LogP contribution in [0, 0.1) is 24.7 Å². The normalized spacial score (nSPS) is 21.1. The van der Waals surface area contributed by atoms with Gasteiger partial charge in [0.15, 0.2) is 0 Å². The Morgan fingerprint density at radius 2 is 1.80 bits per heavy atom. The molecule has 0 spiro atoms. The number of anilines is 1. The van der Waals surface area contributed by atoms with E-state index in [0.29, 0.717) is 11.8 Å². The summed E-state index contributed by atoms with van der Waals surface area (Å²) in [6, 6.07) is 16.6. The van der Waals surface area contributed by atoms with Crippen LogP contribution in [0.15, 0.2) is 60.9 Å². The lowest BCUT2D eigenvalue weighted by Gasteiger charge is -2.20. The number of rotatable bonds is 4. The topological polar surface area (TPSA) is 94.9 Å². The number of piperidine rings is 1. The molecule has 7 rings (SSSR count). The highest BCUT2D eigenvalue weighted by molar-refractivity contribution is 6.03. The zero-order valence-electron chi connectivity index (χ0n) is 19.6. The number of nitrogens with zero attached hydrogens (tertiary/aromatic N) is 6. The van der Waals surface area contributed by atoms with Gasteiger partial charge in [-0.15, -0.1) is 0 Å². The van der Waals surface area contributed by atoms with E-state index >= 15 is 0 Å². The van der Waals surface area contributed by atoms with Crippen molar-refractivity contribution in [1.29, 1.82) is 0 Å². The third-order valence-corrected chi connectivity index (χ3v) is 7.65. The summed E-state index contributed by atoms with van der Waals surface area (Å²) >= 11 is 0. The van der Waals surface area contributed by atoms with E-state index in [1.165, 1.54) is 0 Å². The van der Waals surface area contributed by atoms with Gasteiger partial charge in [0.2, 0.25) is 5.91 Å². The summed E-state index contributed by atoms with van der Waals surface area (Å²) in [5, 5.41) is 11.9. The molecule has 4 heterocycles. The van der Waals surface area contributed by atoms with Crippen LogP contribution in [0.5, 0.6) is 0 Å². The molecule has 0 bridgehead atoms. The standard InChI is InChI=1S/C27H25N7O/c1-15-5-3-7-18-25(17-6-4-8-22-19(17)12-32(2)30-22)31-34(26(15)18)16-9-10-23(29-11-16)33-13-20-21(14-33)24(20)27(28)35/h3-12,20-21,24H,13-14H2,1-2H3,(H2,28,35). The molecule has 1 aliphatic carbocycles. The summed E-state index contributed by atoms with van der Waals surface area (Å²) in [5.41, 5.74) is 11.6. The number of para-hydroxylation sites is 1. The molecule has 2 N–H and O–H groups in total. The molecule has 2 aromatic carbocycles.